The molecule has 4 aromatic carbocycles. The van der Waals surface area contributed by atoms with Gasteiger partial charge in [-0.1, -0.05) is 48.5 Å². The number of aryl methyl sites for hydroxylation is 1. The molecule has 30 heavy (non-hydrogen) atoms. The molecule has 4 heteroatoms. The molecular weight excluding hydrogens is 372 g/mol. The van der Waals surface area contributed by atoms with Crippen molar-refractivity contribution in [3.63, 3.8) is 0 Å². The third-order valence-corrected chi connectivity index (χ3v) is 5.46. The van der Waals surface area contributed by atoms with Crippen LogP contribution in [0, 0.1) is 0 Å². The summed E-state index contributed by atoms with van der Waals surface area (Å²) in [5.41, 5.74) is 3.15. The molecule has 1 amide bonds. The quantitative estimate of drug-likeness (QED) is 0.398. The number of rotatable bonds is 5. The fourth-order valence-corrected chi connectivity index (χ4v) is 4.08. The van der Waals surface area contributed by atoms with Crippen molar-refractivity contribution in [2.24, 2.45) is 0 Å². The van der Waals surface area contributed by atoms with Gasteiger partial charge in [0.15, 0.2) is 6.61 Å². The minimum Gasteiger partial charge on any atom is -0.484 e. The molecule has 148 valence electrons. The number of para-hydroxylation sites is 1. The predicted molar refractivity (Wildman–Crippen MR) is 123 cm³/mol. The number of carbonyl (C=O) groups excluding carboxylic acids is 1. The van der Waals surface area contributed by atoms with Gasteiger partial charge in [0.05, 0.1) is 0 Å². The molecule has 1 aromatic heterocycles. The highest BCUT2D eigenvalue weighted by atomic mass is 16.5. The molecule has 0 aliphatic carbocycles. The standard InChI is InChI=1S/C26H22N2O2/c1-2-28-24-10-6-5-9-22(24)23-16-20(12-14-25(23)28)27-26(29)17-30-21-13-11-18-7-3-4-8-19(18)15-21/h3-16H,2,17H2,1H3,(H,27,29). The smallest absolute Gasteiger partial charge is 0.262 e. The number of benzene rings is 4. The van der Waals surface area contributed by atoms with Gasteiger partial charge in [0.25, 0.3) is 5.91 Å². The summed E-state index contributed by atoms with van der Waals surface area (Å²) in [5, 5.41) is 7.53. The zero-order valence-electron chi connectivity index (χ0n) is 16.8. The van der Waals surface area contributed by atoms with E-state index in [-0.39, 0.29) is 12.5 Å². The minimum absolute atomic E-state index is 0.0346. The largest absolute Gasteiger partial charge is 0.484 e. The fourth-order valence-electron chi connectivity index (χ4n) is 4.08. The molecule has 0 atom stereocenters. The lowest BCUT2D eigenvalue weighted by molar-refractivity contribution is -0.118. The van der Waals surface area contributed by atoms with Gasteiger partial charge in [-0.15, -0.1) is 0 Å². The predicted octanol–water partition coefficient (Wildman–Crippen LogP) is 5.99. The molecule has 0 aliphatic rings. The molecule has 0 saturated heterocycles. The first-order valence-corrected chi connectivity index (χ1v) is 10.2. The summed E-state index contributed by atoms with van der Waals surface area (Å²) in [4.78, 5) is 12.5. The van der Waals surface area contributed by atoms with Crippen molar-refractivity contribution in [3.05, 3.63) is 84.9 Å². The molecule has 4 nitrogen and oxygen atoms in total. The van der Waals surface area contributed by atoms with E-state index in [1.807, 2.05) is 54.6 Å². The molecular formula is C26H22N2O2. The molecule has 1 N–H and O–H groups in total. The van der Waals surface area contributed by atoms with Crippen molar-refractivity contribution < 1.29 is 9.53 Å². The number of anilines is 1. The monoisotopic (exact) mass is 394 g/mol. The Bertz CT molecular complexity index is 1380. The molecule has 5 aromatic rings. The van der Waals surface area contributed by atoms with Crippen LogP contribution in [0.25, 0.3) is 32.6 Å². The van der Waals surface area contributed by atoms with Crippen molar-refractivity contribution in [3.8, 4) is 5.75 Å². The van der Waals surface area contributed by atoms with E-state index in [9.17, 15) is 4.79 Å². The number of fused-ring (bicyclic) bond motifs is 4. The summed E-state index contributed by atoms with van der Waals surface area (Å²) in [6.07, 6.45) is 0. The highest BCUT2D eigenvalue weighted by Crippen LogP contribution is 2.31. The molecule has 0 unspecified atom stereocenters. The van der Waals surface area contributed by atoms with E-state index in [1.165, 1.54) is 16.4 Å². The van der Waals surface area contributed by atoms with Gasteiger partial charge in [0.2, 0.25) is 0 Å². The molecule has 0 bridgehead atoms. The zero-order valence-corrected chi connectivity index (χ0v) is 16.8. The van der Waals surface area contributed by atoms with Crippen LogP contribution in [0.4, 0.5) is 5.69 Å². The van der Waals surface area contributed by atoms with E-state index in [4.69, 9.17) is 4.74 Å². The Hall–Kier alpha value is -3.79. The number of ether oxygens (including phenoxy) is 1. The second-order valence-electron chi connectivity index (χ2n) is 7.34. The second kappa shape index (κ2) is 7.56. The lowest BCUT2D eigenvalue weighted by atomic mass is 10.1. The maximum Gasteiger partial charge on any atom is 0.262 e. The van der Waals surface area contributed by atoms with Crippen LogP contribution in [0.1, 0.15) is 6.92 Å². The Morgan fingerprint density at radius 2 is 1.60 bits per heavy atom. The summed E-state index contributed by atoms with van der Waals surface area (Å²) in [7, 11) is 0. The van der Waals surface area contributed by atoms with Crippen molar-refractivity contribution in [2.45, 2.75) is 13.5 Å². The van der Waals surface area contributed by atoms with Gasteiger partial charge >= 0.3 is 0 Å². The van der Waals surface area contributed by atoms with Crippen LogP contribution in [0.3, 0.4) is 0 Å². The molecule has 0 saturated carbocycles. The average molecular weight is 394 g/mol. The molecule has 5 rings (SSSR count). The molecule has 0 aliphatic heterocycles. The van der Waals surface area contributed by atoms with Crippen LogP contribution in [0.15, 0.2) is 84.9 Å². The summed E-state index contributed by atoms with van der Waals surface area (Å²) >= 11 is 0. The van der Waals surface area contributed by atoms with Gasteiger partial charge in [0, 0.05) is 34.0 Å². The van der Waals surface area contributed by atoms with E-state index >= 15 is 0 Å². The molecule has 0 radical (unpaired) electrons. The normalized spacial score (nSPS) is 11.2. The first kappa shape index (κ1) is 18.3. The van der Waals surface area contributed by atoms with Gasteiger partial charge in [-0.05, 0) is 54.1 Å². The number of nitrogens with zero attached hydrogens (tertiary/aromatic N) is 1. The third kappa shape index (κ3) is 3.26. The summed E-state index contributed by atoms with van der Waals surface area (Å²) in [6.45, 7) is 3.01. The van der Waals surface area contributed by atoms with Crippen molar-refractivity contribution in [1.29, 1.82) is 0 Å². The summed E-state index contributed by atoms with van der Waals surface area (Å²) < 4.78 is 8.00. The van der Waals surface area contributed by atoms with Gasteiger partial charge in [-0.3, -0.25) is 4.79 Å². The number of hydrogen-bond acceptors (Lipinski definition) is 2. The van der Waals surface area contributed by atoms with Crippen LogP contribution in [0.5, 0.6) is 5.75 Å². The van der Waals surface area contributed by atoms with E-state index in [0.717, 1.165) is 28.4 Å². The van der Waals surface area contributed by atoms with Crippen LogP contribution < -0.4 is 10.1 Å². The number of hydrogen-bond donors (Lipinski definition) is 1. The van der Waals surface area contributed by atoms with Crippen LogP contribution in [-0.4, -0.2) is 17.1 Å². The second-order valence-corrected chi connectivity index (χ2v) is 7.34. The van der Waals surface area contributed by atoms with E-state index in [2.05, 4.69) is 47.1 Å². The van der Waals surface area contributed by atoms with E-state index in [0.29, 0.717) is 5.75 Å². The first-order chi connectivity index (χ1) is 14.7. The van der Waals surface area contributed by atoms with E-state index in [1.54, 1.807) is 0 Å². The summed E-state index contributed by atoms with van der Waals surface area (Å²) in [6, 6.07) is 28.3. The third-order valence-electron chi connectivity index (χ3n) is 5.46. The maximum absolute atomic E-state index is 12.5. The molecule has 1 heterocycles. The zero-order chi connectivity index (χ0) is 20.5. The van der Waals surface area contributed by atoms with Crippen molar-refractivity contribution >= 4 is 44.2 Å². The molecule has 0 fully saturated rings. The number of carbonyl (C=O) groups is 1. The topological polar surface area (TPSA) is 43.3 Å². The SMILES string of the molecule is CCn1c2ccccc2c2cc(NC(=O)COc3ccc4ccccc4c3)ccc21. The van der Waals surface area contributed by atoms with Crippen LogP contribution >= 0.6 is 0 Å². The fraction of sp³-hybridized carbons (Fsp3) is 0.115. The van der Waals surface area contributed by atoms with Gasteiger partial charge in [-0.25, -0.2) is 0 Å². The van der Waals surface area contributed by atoms with E-state index < -0.39 is 0 Å². The Balaban J connectivity index is 1.34. The number of nitrogens with one attached hydrogen (secondary N) is 1. The van der Waals surface area contributed by atoms with Crippen molar-refractivity contribution in [2.75, 3.05) is 11.9 Å². The Kier molecular flexibility index (Phi) is 4.60. The Morgan fingerprint density at radius 3 is 2.47 bits per heavy atom. The summed E-state index contributed by atoms with van der Waals surface area (Å²) in [5.74, 6) is 0.507. The van der Waals surface area contributed by atoms with Gasteiger partial charge in [0.1, 0.15) is 5.75 Å². The number of amides is 1. The Morgan fingerprint density at radius 1 is 0.833 bits per heavy atom. The first-order valence-electron chi connectivity index (χ1n) is 10.2. The number of aromatic nitrogens is 1. The molecule has 0 spiro atoms. The van der Waals surface area contributed by atoms with Crippen LogP contribution in [-0.2, 0) is 11.3 Å². The lowest BCUT2D eigenvalue weighted by Crippen LogP contribution is -2.20. The lowest BCUT2D eigenvalue weighted by Gasteiger charge is -2.09. The highest BCUT2D eigenvalue weighted by Gasteiger charge is 2.11. The minimum atomic E-state index is -0.179. The van der Waals surface area contributed by atoms with Crippen LogP contribution in [0.2, 0.25) is 0 Å². The van der Waals surface area contributed by atoms with Crippen molar-refractivity contribution in [1.82, 2.24) is 4.57 Å². The average Bonchev–Trinajstić information content (AvgIpc) is 3.10. The van der Waals surface area contributed by atoms with Gasteiger partial charge in [-0.2, -0.15) is 0 Å². The Labute approximate surface area is 174 Å². The maximum atomic E-state index is 12.5. The highest BCUT2D eigenvalue weighted by molar-refractivity contribution is 6.09. The van der Waals surface area contributed by atoms with Gasteiger partial charge < -0.3 is 14.6 Å².